The molecule has 0 radical (unpaired) electrons. The number of hydrogen-bond acceptors (Lipinski definition) is 13. The number of rotatable bonds is 26. The van der Waals surface area contributed by atoms with Crippen LogP contribution in [0.25, 0.3) is 0 Å². The maximum atomic E-state index is 13.5. The summed E-state index contributed by atoms with van der Waals surface area (Å²) in [6, 6.07) is 0. The molecule has 0 atom stereocenters. The second kappa shape index (κ2) is 22.1. The first-order valence-electron chi connectivity index (χ1n) is 20.1. The highest BCUT2D eigenvalue weighted by Gasteiger charge is 2.45. The third-order valence-corrected chi connectivity index (χ3v) is 9.05. The molecule has 21 nitrogen and oxygen atoms in total. The standard InChI is InChI=1S/C40H75N9O12/c1-33(2,41)25(51)43-35(5,6)27(53)45-37(9,10)29(55)47-39(13,14)31(57)49-40(15,16)32(58)48-38(11,12)30(56)46-36(7,8)28(54)44-34(3,4)26(52)42-17-19-59-21-23-61-24-22-60-20-18-50/h50H,17-24,41H2,1-16H3,(H,42,52)(H,43,51)(H,44,54)(H,45,53)(H,46,56)(H,47,55)(H,48,58)(H,49,57). The summed E-state index contributed by atoms with van der Waals surface area (Å²) in [6.45, 7) is 24.7. The number of carbonyl (C=O) groups is 8. The minimum Gasteiger partial charge on any atom is -0.394 e. The van der Waals surface area contributed by atoms with Crippen LogP contribution in [0.1, 0.15) is 111 Å². The summed E-state index contributed by atoms with van der Waals surface area (Å²) >= 11 is 0. The van der Waals surface area contributed by atoms with Crippen LogP contribution in [0.4, 0.5) is 0 Å². The molecule has 0 spiro atoms. The number of nitrogens with one attached hydrogen (secondary N) is 8. The molecule has 0 aromatic heterocycles. The van der Waals surface area contributed by atoms with Crippen LogP contribution in [0.5, 0.6) is 0 Å². The van der Waals surface area contributed by atoms with E-state index in [9.17, 15) is 38.4 Å². The minimum atomic E-state index is -1.64. The van der Waals surface area contributed by atoms with Crippen LogP contribution in [0, 0.1) is 0 Å². The van der Waals surface area contributed by atoms with Gasteiger partial charge in [0.1, 0.15) is 38.8 Å². The van der Waals surface area contributed by atoms with Gasteiger partial charge in [-0.15, -0.1) is 0 Å². The Bertz CT molecular complexity index is 1580. The molecule has 0 aromatic rings. The van der Waals surface area contributed by atoms with Crippen molar-refractivity contribution in [2.24, 2.45) is 5.73 Å². The van der Waals surface area contributed by atoms with Crippen LogP contribution in [-0.4, -0.2) is 149 Å². The number of amides is 8. The third-order valence-electron chi connectivity index (χ3n) is 9.05. The summed E-state index contributed by atoms with van der Waals surface area (Å²) in [7, 11) is 0. The van der Waals surface area contributed by atoms with E-state index < -0.39 is 91.6 Å². The van der Waals surface area contributed by atoms with E-state index in [2.05, 4.69) is 42.5 Å². The van der Waals surface area contributed by atoms with E-state index in [0.717, 1.165) is 0 Å². The van der Waals surface area contributed by atoms with Gasteiger partial charge in [0.2, 0.25) is 47.3 Å². The zero-order chi connectivity index (χ0) is 48.1. The van der Waals surface area contributed by atoms with Gasteiger partial charge in [-0.3, -0.25) is 38.4 Å². The molecule has 21 heteroatoms. The van der Waals surface area contributed by atoms with E-state index >= 15 is 0 Å². The molecular weight excluding hydrogens is 798 g/mol. The smallest absolute Gasteiger partial charge is 0.246 e. The first kappa shape index (κ1) is 56.6. The van der Waals surface area contributed by atoms with Gasteiger partial charge >= 0.3 is 0 Å². The predicted molar refractivity (Wildman–Crippen MR) is 226 cm³/mol. The van der Waals surface area contributed by atoms with Crippen molar-refractivity contribution in [3.8, 4) is 0 Å². The van der Waals surface area contributed by atoms with Crippen LogP contribution in [0.2, 0.25) is 0 Å². The average molecular weight is 874 g/mol. The molecule has 8 amide bonds. The average Bonchev–Trinajstić information content (AvgIpc) is 3.08. The van der Waals surface area contributed by atoms with Gasteiger partial charge < -0.3 is 67.6 Å². The Balaban J connectivity index is 5.34. The van der Waals surface area contributed by atoms with Crippen LogP contribution < -0.4 is 48.3 Å². The van der Waals surface area contributed by atoms with Gasteiger partial charge in [0, 0.05) is 6.54 Å². The maximum Gasteiger partial charge on any atom is 0.246 e. The Hall–Kier alpha value is -4.44. The molecule has 61 heavy (non-hydrogen) atoms. The molecule has 352 valence electrons. The molecule has 0 heterocycles. The quantitative estimate of drug-likeness (QED) is 0.0428. The van der Waals surface area contributed by atoms with Gasteiger partial charge in [-0.05, 0) is 111 Å². The van der Waals surface area contributed by atoms with Gasteiger partial charge in [0.25, 0.3) is 0 Å². The van der Waals surface area contributed by atoms with E-state index in [1.54, 1.807) is 0 Å². The van der Waals surface area contributed by atoms with Crippen molar-refractivity contribution in [3.05, 3.63) is 0 Å². The lowest BCUT2D eigenvalue weighted by molar-refractivity contribution is -0.142. The highest BCUT2D eigenvalue weighted by molar-refractivity contribution is 6.02. The van der Waals surface area contributed by atoms with Crippen LogP contribution in [0.3, 0.4) is 0 Å². The number of carbonyl (C=O) groups excluding carboxylic acids is 8. The first-order valence-corrected chi connectivity index (χ1v) is 20.1. The lowest BCUT2D eigenvalue weighted by Crippen LogP contribution is -2.69. The van der Waals surface area contributed by atoms with Gasteiger partial charge in [-0.25, -0.2) is 0 Å². The fraction of sp³-hybridized carbons (Fsp3) is 0.800. The van der Waals surface area contributed by atoms with Crippen LogP contribution >= 0.6 is 0 Å². The van der Waals surface area contributed by atoms with Gasteiger partial charge in [0.15, 0.2) is 0 Å². The van der Waals surface area contributed by atoms with Crippen molar-refractivity contribution in [1.29, 1.82) is 0 Å². The Morgan fingerprint density at radius 1 is 0.361 bits per heavy atom. The van der Waals surface area contributed by atoms with Crippen LogP contribution in [0.15, 0.2) is 0 Å². The summed E-state index contributed by atoms with van der Waals surface area (Å²) in [6.07, 6.45) is 0. The molecule has 0 saturated carbocycles. The summed E-state index contributed by atoms with van der Waals surface area (Å²) < 4.78 is 15.8. The highest BCUT2D eigenvalue weighted by atomic mass is 16.5. The molecule has 0 saturated heterocycles. The molecule has 0 aliphatic heterocycles. The fourth-order valence-electron chi connectivity index (χ4n) is 4.55. The monoisotopic (exact) mass is 874 g/mol. The van der Waals surface area contributed by atoms with Crippen molar-refractivity contribution in [1.82, 2.24) is 42.5 Å². The molecular formula is C40H75N9O12. The van der Waals surface area contributed by atoms with E-state index in [0.29, 0.717) is 19.8 Å². The first-order chi connectivity index (χ1) is 27.4. The Labute approximate surface area is 360 Å². The Morgan fingerprint density at radius 3 is 0.820 bits per heavy atom. The normalized spacial score (nSPS) is 13.0. The number of hydrogen-bond donors (Lipinski definition) is 10. The topological polar surface area (TPSA) is 307 Å². The van der Waals surface area contributed by atoms with Crippen molar-refractivity contribution < 1.29 is 57.7 Å². The summed E-state index contributed by atoms with van der Waals surface area (Å²) in [5, 5.41) is 29.5. The second-order valence-corrected chi connectivity index (χ2v) is 19.1. The molecule has 0 bridgehead atoms. The molecule has 0 aromatic carbocycles. The molecule has 0 fully saturated rings. The third kappa shape index (κ3) is 19.0. The Morgan fingerprint density at radius 2 is 0.574 bits per heavy atom. The van der Waals surface area contributed by atoms with Crippen LogP contribution in [-0.2, 0) is 52.6 Å². The zero-order valence-corrected chi connectivity index (χ0v) is 39.2. The van der Waals surface area contributed by atoms with E-state index in [1.807, 2.05) is 0 Å². The zero-order valence-electron chi connectivity index (χ0n) is 39.2. The fourth-order valence-corrected chi connectivity index (χ4v) is 4.55. The molecule has 0 aliphatic rings. The second-order valence-electron chi connectivity index (χ2n) is 19.1. The SMILES string of the molecule is CC(C)(N)C(=O)NC(C)(C)C(=O)NC(C)(C)C(=O)NC(C)(C)C(=O)NC(C)(C)C(=O)NC(C)(C)C(=O)NC(C)(C)C(=O)NC(C)(C)C(=O)NCCOCCOCCOCCO. The minimum absolute atomic E-state index is 0.0616. The number of aliphatic hydroxyl groups is 1. The largest absolute Gasteiger partial charge is 0.394 e. The highest BCUT2D eigenvalue weighted by Crippen LogP contribution is 2.16. The number of ether oxygens (including phenoxy) is 3. The predicted octanol–water partition coefficient (Wildman–Crippen LogP) is -1.85. The van der Waals surface area contributed by atoms with Crippen molar-refractivity contribution >= 4 is 47.3 Å². The van der Waals surface area contributed by atoms with E-state index in [-0.39, 0.29) is 33.0 Å². The summed E-state index contributed by atoms with van der Waals surface area (Å²) in [5.41, 5.74) is -6.30. The number of aliphatic hydroxyl groups excluding tert-OH is 1. The molecule has 0 rings (SSSR count). The van der Waals surface area contributed by atoms with E-state index in [4.69, 9.17) is 25.1 Å². The van der Waals surface area contributed by atoms with E-state index in [1.165, 1.54) is 111 Å². The summed E-state index contributed by atoms with van der Waals surface area (Å²) in [5.74, 6) is -5.53. The summed E-state index contributed by atoms with van der Waals surface area (Å²) in [4.78, 5) is 106. The molecule has 11 N–H and O–H groups in total. The van der Waals surface area contributed by atoms with Gasteiger partial charge in [-0.1, -0.05) is 0 Å². The Kier molecular flexibility index (Phi) is 20.5. The van der Waals surface area contributed by atoms with Crippen molar-refractivity contribution in [2.45, 2.75) is 155 Å². The lowest BCUT2D eigenvalue weighted by Gasteiger charge is -2.37. The van der Waals surface area contributed by atoms with Gasteiger partial charge in [0.05, 0.1) is 51.8 Å². The molecule has 0 aliphatic carbocycles. The van der Waals surface area contributed by atoms with Crippen molar-refractivity contribution in [3.63, 3.8) is 0 Å². The molecule has 0 unspecified atom stereocenters. The van der Waals surface area contributed by atoms with Crippen molar-refractivity contribution in [2.75, 3.05) is 52.8 Å². The maximum absolute atomic E-state index is 13.5. The number of nitrogens with two attached hydrogens (primary N) is 1. The lowest BCUT2D eigenvalue weighted by atomic mass is 9.93. The van der Waals surface area contributed by atoms with Gasteiger partial charge in [-0.2, -0.15) is 0 Å².